The predicted octanol–water partition coefficient (Wildman–Crippen LogP) is 2.33. The Morgan fingerprint density at radius 2 is 2.18 bits per heavy atom. The van der Waals surface area contributed by atoms with Gasteiger partial charge >= 0.3 is 0 Å². The molecule has 1 N–H and O–H groups in total. The van der Waals surface area contributed by atoms with Crippen molar-refractivity contribution in [2.24, 2.45) is 0 Å². The number of hydrogen-bond donors (Lipinski definition) is 1. The van der Waals surface area contributed by atoms with Crippen LogP contribution in [-0.4, -0.2) is 25.2 Å². The number of halogens is 1. The van der Waals surface area contributed by atoms with E-state index in [1.54, 1.807) is 12.1 Å². The molecule has 1 amide bonds. The molecule has 3 nitrogen and oxygen atoms in total. The Labute approximate surface area is 106 Å². The lowest BCUT2D eigenvalue weighted by Crippen LogP contribution is -2.31. The van der Waals surface area contributed by atoms with Gasteiger partial charge in [-0.2, -0.15) is 0 Å². The second-order valence-corrected chi connectivity index (χ2v) is 4.44. The summed E-state index contributed by atoms with van der Waals surface area (Å²) >= 11 is 5.69. The lowest BCUT2D eigenvalue weighted by Gasteiger charge is -2.10. The highest BCUT2D eigenvalue weighted by atomic mass is 35.5. The Morgan fingerprint density at radius 3 is 2.76 bits per heavy atom. The average molecular weight is 254 g/mol. The summed E-state index contributed by atoms with van der Waals surface area (Å²) in [5.74, 6) is 0.416. The predicted molar refractivity (Wildman–Crippen MR) is 67.3 cm³/mol. The molecule has 0 spiro atoms. The summed E-state index contributed by atoms with van der Waals surface area (Å²) in [7, 11) is 0. The smallest absolute Gasteiger partial charge is 0.251 e. The Morgan fingerprint density at radius 1 is 1.41 bits per heavy atom. The summed E-state index contributed by atoms with van der Waals surface area (Å²) in [6.45, 7) is 1.40. The maximum Gasteiger partial charge on any atom is 0.251 e. The highest BCUT2D eigenvalue weighted by Crippen LogP contribution is 2.11. The molecule has 0 aromatic heterocycles. The number of ether oxygens (including phenoxy) is 1. The largest absolute Gasteiger partial charge is 0.376 e. The second-order valence-electron chi connectivity index (χ2n) is 4.18. The second kappa shape index (κ2) is 6.03. The van der Waals surface area contributed by atoms with Crippen molar-refractivity contribution < 1.29 is 9.53 Å². The number of nitrogens with one attached hydrogen (secondary N) is 1. The van der Waals surface area contributed by atoms with E-state index in [0.717, 1.165) is 25.0 Å². The van der Waals surface area contributed by atoms with Crippen LogP contribution in [0.5, 0.6) is 0 Å². The Balaban J connectivity index is 1.85. The molecular weight excluding hydrogens is 238 g/mol. The zero-order chi connectivity index (χ0) is 12.1. The van der Waals surface area contributed by atoms with Crippen LogP contribution in [0.2, 0.25) is 0 Å². The van der Waals surface area contributed by atoms with Crippen molar-refractivity contribution in [1.29, 1.82) is 0 Å². The molecule has 0 radical (unpaired) electrons. The molecule has 1 heterocycles. The van der Waals surface area contributed by atoms with Gasteiger partial charge in [0.05, 0.1) is 6.10 Å². The van der Waals surface area contributed by atoms with Gasteiger partial charge in [0.2, 0.25) is 0 Å². The molecule has 17 heavy (non-hydrogen) atoms. The Hall–Kier alpha value is -1.06. The van der Waals surface area contributed by atoms with E-state index in [0.29, 0.717) is 18.0 Å². The molecule has 1 saturated heterocycles. The molecule has 0 aliphatic carbocycles. The molecular formula is C13H16ClNO2. The summed E-state index contributed by atoms with van der Waals surface area (Å²) in [5, 5.41) is 2.88. The third kappa shape index (κ3) is 3.45. The van der Waals surface area contributed by atoms with Crippen LogP contribution < -0.4 is 5.32 Å². The topological polar surface area (TPSA) is 38.3 Å². The Bertz CT molecular complexity index is 372. The SMILES string of the molecule is O=C(NCC1CCCO1)c1ccc(CCl)cc1. The fraction of sp³-hybridized carbons (Fsp3) is 0.462. The van der Waals surface area contributed by atoms with Crippen LogP contribution in [0, 0.1) is 0 Å². The monoisotopic (exact) mass is 253 g/mol. The quantitative estimate of drug-likeness (QED) is 0.837. The van der Waals surface area contributed by atoms with E-state index in [1.165, 1.54) is 0 Å². The molecule has 92 valence electrons. The number of alkyl halides is 1. The first-order chi connectivity index (χ1) is 8.29. The van der Waals surface area contributed by atoms with Crippen LogP contribution in [0.25, 0.3) is 0 Å². The first kappa shape index (κ1) is 12.4. The summed E-state index contributed by atoms with van der Waals surface area (Å²) in [5.41, 5.74) is 1.68. The highest BCUT2D eigenvalue weighted by molar-refractivity contribution is 6.17. The van der Waals surface area contributed by atoms with E-state index >= 15 is 0 Å². The lowest BCUT2D eigenvalue weighted by atomic mass is 10.1. The average Bonchev–Trinajstić information content (AvgIpc) is 2.89. The number of benzene rings is 1. The van der Waals surface area contributed by atoms with Gasteiger partial charge in [0.15, 0.2) is 0 Å². The van der Waals surface area contributed by atoms with Gasteiger partial charge in [-0.3, -0.25) is 4.79 Å². The first-order valence-corrected chi connectivity index (χ1v) is 6.38. The fourth-order valence-electron chi connectivity index (χ4n) is 1.86. The van der Waals surface area contributed by atoms with Gasteiger partial charge in [-0.05, 0) is 30.5 Å². The summed E-state index contributed by atoms with van der Waals surface area (Å²) in [6, 6.07) is 7.33. The van der Waals surface area contributed by atoms with Gasteiger partial charge in [-0.15, -0.1) is 11.6 Å². The highest BCUT2D eigenvalue weighted by Gasteiger charge is 2.16. The zero-order valence-electron chi connectivity index (χ0n) is 9.62. The van der Waals surface area contributed by atoms with Crippen LogP contribution in [0.15, 0.2) is 24.3 Å². The molecule has 4 heteroatoms. The van der Waals surface area contributed by atoms with Crippen molar-refractivity contribution >= 4 is 17.5 Å². The number of amides is 1. The van der Waals surface area contributed by atoms with Crippen LogP contribution in [0.3, 0.4) is 0 Å². The third-order valence-corrected chi connectivity index (χ3v) is 3.19. The molecule has 1 unspecified atom stereocenters. The number of rotatable bonds is 4. The first-order valence-electron chi connectivity index (χ1n) is 5.84. The summed E-state index contributed by atoms with van der Waals surface area (Å²) < 4.78 is 5.44. The number of carbonyl (C=O) groups excluding carboxylic acids is 1. The van der Waals surface area contributed by atoms with Crippen LogP contribution in [0.1, 0.15) is 28.8 Å². The third-order valence-electron chi connectivity index (χ3n) is 2.88. The van der Waals surface area contributed by atoms with Crippen molar-refractivity contribution in [2.45, 2.75) is 24.8 Å². The molecule has 1 aromatic carbocycles. The maximum absolute atomic E-state index is 11.8. The minimum absolute atomic E-state index is 0.0541. The zero-order valence-corrected chi connectivity index (χ0v) is 10.4. The van der Waals surface area contributed by atoms with Crippen molar-refractivity contribution in [3.8, 4) is 0 Å². The molecule has 0 bridgehead atoms. The summed E-state index contributed by atoms with van der Waals surface area (Å²) in [4.78, 5) is 11.8. The Kier molecular flexibility index (Phi) is 4.40. The van der Waals surface area contributed by atoms with Gasteiger partial charge in [0.1, 0.15) is 0 Å². The van der Waals surface area contributed by atoms with Gasteiger partial charge in [-0.25, -0.2) is 0 Å². The lowest BCUT2D eigenvalue weighted by molar-refractivity contribution is 0.0858. The van der Waals surface area contributed by atoms with Crippen molar-refractivity contribution in [1.82, 2.24) is 5.32 Å². The van der Waals surface area contributed by atoms with Gasteiger partial charge in [0.25, 0.3) is 5.91 Å². The van der Waals surface area contributed by atoms with Crippen LogP contribution in [-0.2, 0) is 10.6 Å². The van der Waals surface area contributed by atoms with Crippen LogP contribution >= 0.6 is 11.6 Å². The standard InChI is InChI=1S/C13H16ClNO2/c14-8-10-3-5-11(6-4-10)13(16)15-9-12-2-1-7-17-12/h3-6,12H,1-2,7-9H2,(H,15,16). The number of carbonyl (C=O) groups is 1. The van der Waals surface area contributed by atoms with E-state index in [9.17, 15) is 4.79 Å². The molecule has 1 aliphatic heterocycles. The molecule has 0 saturated carbocycles. The van der Waals surface area contributed by atoms with E-state index in [4.69, 9.17) is 16.3 Å². The van der Waals surface area contributed by atoms with Crippen molar-refractivity contribution in [2.75, 3.05) is 13.2 Å². The van der Waals surface area contributed by atoms with Crippen LogP contribution in [0.4, 0.5) is 0 Å². The van der Waals surface area contributed by atoms with E-state index in [2.05, 4.69) is 5.32 Å². The minimum atomic E-state index is -0.0541. The molecule has 1 fully saturated rings. The molecule has 1 aromatic rings. The molecule has 2 rings (SSSR count). The van der Waals surface area contributed by atoms with Gasteiger partial charge < -0.3 is 10.1 Å². The number of hydrogen-bond acceptors (Lipinski definition) is 2. The maximum atomic E-state index is 11.8. The van der Waals surface area contributed by atoms with E-state index in [-0.39, 0.29) is 12.0 Å². The van der Waals surface area contributed by atoms with Crippen molar-refractivity contribution in [3.05, 3.63) is 35.4 Å². The normalized spacial score (nSPS) is 19.2. The molecule has 1 aliphatic rings. The van der Waals surface area contributed by atoms with E-state index < -0.39 is 0 Å². The fourth-order valence-corrected chi connectivity index (χ4v) is 2.04. The molecule has 1 atom stereocenters. The minimum Gasteiger partial charge on any atom is -0.376 e. The summed E-state index contributed by atoms with van der Waals surface area (Å²) in [6.07, 6.45) is 2.30. The van der Waals surface area contributed by atoms with Crippen molar-refractivity contribution in [3.63, 3.8) is 0 Å². The van der Waals surface area contributed by atoms with Gasteiger partial charge in [0, 0.05) is 24.6 Å². The van der Waals surface area contributed by atoms with E-state index in [1.807, 2.05) is 12.1 Å². The van der Waals surface area contributed by atoms with Gasteiger partial charge in [-0.1, -0.05) is 12.1 Å².